The normalized spacial score (nSPS) is 14.4. The number of rotatable bonds is 97. The highest BCUT2D eigenvalue weighted by Crippen LogP contribution is 2.41. The summed E-state index contributed by atoms with van der Waals surface area (Å²) in [6.45, 7) is 36.0. The first-order valence-electron chi connectivity index (χ1n) is 53.7. The van der Waals surface area contributed by atoms with Crippen molar-refractivity contribution >= 4 is 0 Å². The van der Waals surface area contributed by atoms with E-state index in [9.17, 15) is 0 Å². The van der Waals surface area contributed by atoms with Crippen molar-refractivity contribution in [1.82, 2.24) is 24.5 Å². The van der Waals surface area contributed by atoms with Crippen molar-refractivity contribution in [2.75, 3.05) is 85.1 Å². The number of piperazine rings is 1. The molecule has 0 saturated carbocycles. The van der Waals surface area contributed by atoms with E-state index in [1.807, 2.05) is 0 Å². The van der Waals surface area contributed by atoms with Gasteiger partial charge in [0, 0.05) is 63.9 Å². The average Bonchev–Trinajstić information content (AvgIpc) is 0.762. The zero-order chi connectivity index (χ0) is 79.8. The second-order valence-electron chi connectivity index (χ2n) is 37.9. The van der Waals surface area contributed by atoms with Crippen LogP contribution in [0.3, 0.4) is 0 Å². The van der Waals surface area contributed by atoms with Gasteiger partial charge in [-0.15, -0.1) is 0 Å². The third-order valence-electron chi connectivity index (χ3n) is 27.4. The monoisotopic (exact) mass is 1560 g/mol. The molecule has 0 amide bonds. The van der Waals surface area contributed by atoms with E-state index < -0.39 is 0 Å². The smallest absolute Gasteiger partial charge is 0.0365 e. The first-order chi connectivity index (χ1) is 55.0. The Bertz CT molecular complexity index is 1610. The number of hydrogen-bond acceptors (Lipinski definition) is 5. The highest BCUT2D eigenvalue weighted by molar-refractivity contribution is 5.05. The van der Waals surface area contributed by atoms with Gasteiger partial charge < -0.3 is 14.7 Å². The van der Waals surface area contributed by atoms with Crippen molar-refractivity contribution in [3.05, 3.63) is 0 Å². The van der Waals surface area contributed by atoms with E-state index >= 15 is 0 Å². The average molecular weight is 1560 g/mol. The largest absolute Gasteiger partial charge is 0.302 e. The molecule has 1 unspecified atom stereocenters. The number of nitrogens with zero attached hydrogens (tertiary/aromatic N) is 5. The Hall–Kier alpha value is -0.200. The van der Waals surface area contributed by atoms with Crippen LogP contribution in [-0.2, 0) is 0 Å². The van der Waals surface area contributed by atoms with Gasteiger partial charge in [-0.2, -0.15) is 0 Å². The van der Waals surface area contributed by atoms with Gasteiger partial charge in [-0.25, -0.2) is 0 Å². The topological polar surface area (TPSA) is 16.2 Å². The van der Waals surface area contributed by atoms with Crippen LogP contribution in [-0.4, -0.2) is 121 Å². The van der Waals surface area contributed by atoms with Crippen LogP contribution in [0.4, 0.5) is 0 Å². The van der Waals surface area contributed by atoms with Crippen molar-refractivity contribution in [1.29, 1.82) is 0 Å². The predicted octanol–water partition coefficient (Wildman–Crippen LogP) is 35.2. The van der Waals surface area contributed by atoms with Crippen LogP contribution in [0.25, 0.3) is 0 Å². The SMILES string of the molecule is CCCCCCCCCCCCC1N(CCN(CCCCCCCCCCCC)CCCCCCCCCCCC)CCN(CCN(CCCCCCCCCCCC)CCN(CCCCCCCCCCCC)CCCCCCCCCCCC)C1(CCCCCCCCCCCC)CCCCCCCCCCCC. The van der Waals surface area contributed by atoms with Gasteiger partial charge in [-0.1, -0.05) is 537 Å². The molecular weight excluding hydrogens is 1340 g/mol. The first kappa shape index (κ1) is 109. The van der Waals surface area contributed by atoms with E-state index in [1.54, 1.807) is 0 Å². The molecule has 0 aliphatic carbocycles. The van der Waals surface area contributed by atoms with Crippen LogP contribution in [0, 0.1) is 0 Å². The van der Waals surface area contributed by atoms with Crippen LogP contribution in [0.1, 0.15) is 588 Å². The number of hydrogen-bond donors (Lipinski definition) is 0. The van der Waals surface area contributed by atoms with E-state index in [-0.39, 0.29) is 5.54 Å². The lowest BCUT2D eigenvalue weighted by molar-refractivity contribution is -0.0753. The van der Waals surface area contributed by atoms with Crippen LogP contribution in [0.5, 0.6) is 0 Å². The van der Waals surface area contributed by atoms with Gasteiger partial charge >= 0.3 is 0 Å². The predicted molar refractivity (Wildman–Crippen MR) is 508 cm³/mol. The van der Waals surface area contributed by atoms with Crippen molar-refractivity contribution < 1.29 is 0 Å². The van der Waals surface area contributed by atoms with Crippen molar-refractivity contribution in [3.63, 3.8) is 0 Å². The fraction of sp³-hybridized carbons (Fsp3) is 1.00. The molecule has 0 bridgehead atoms. The summed E-state index contributed by atoms with van der Waals surface area (Å²) in [7, 11) is 0. The summed E-state index contributed by atoms with van der Waals surface area (Å²) < 4.78 is 0. The third kappa shape index (κ3) is 71.3. The van der Waals surface area contributed by atoms with Gasteiger partial charge in [-0.3, -0.25) is 9.80 Å². The highest BCUT2D eigenvalue weighted by Gasteiger charge is 2.48. The molecule has 1 aliphatic heterocycles. The quantitative estimate of drug-likeness (QED) is 0.0563. The lowest BCUT2D eigenvalue weighted by Gasteiger charge is -2.58. The molecule has 1 atom stereocenters. The highest BCUT2D eigenvalue weighted by atomic mass is 15.4. The van der Waals surface area contributed by atoms with E-state index in [0.717, 1.165) is 0 Å². The summed E-state index contributed by atoms with van der Waals surface area (Å²) in [5, 5.41) is 0. The molecule has 111 heavy (non-hydrogen) atoms. The Balaban J connectivity index is 3.96. The van der Waals surface area contributed by atoms with Gasteiger partial charge in [0.25, 0.3) is 0 Å². The van der Waals surface area contributed by atoms with E-state index in [0.29, 0.717) is 6.04 Å². The molecule has 0 aromatic heterocycles. The second kappa shape index (κ2) is 90.6. The van der Waals surface area contributed by atoms with Crippen molar-refractivity contribution in [2.24, 2.45) is 0 Å². The number of unbranched alkanes of at least 4 members (excludes halogenated alkanes) is 72. The summed E-state index contributed by atoms with van der Waals surface area (Å²) in [5.41, 5.74) is 0.273. The van der Waals surface area contributed by atoms with Gasteiger partial charge in [0.1, 0.15) is 0 Å². The lowest BCUT2D eigenvalue weighted by Crippen LogP contribution is -2.69. The maximum absolute atomic E-state index is 3.36. The molecule has 0 aromatic rings. The lowest BCUT2D eigenvalue weighted by atomic mass is 9.74. The Morgan fingerprint density at radius 1 is 0.180 bits per heavy atom. The van der Waals surface area contributed by atoms with Gasteiger partial charge in [0.05, 0.1) is 0 Å². The molecule has 0 spiro atoms. The summed E-state index contributed by atoms with van der Waals surface area (Å²) in [5.74, 6) is 0. The van der Waals surface area contributed by atoms with Crippen LogP contribution in [0.15, 0.2) is 0 Å². The molecular formula is C106H217N5. The Labute approximate surface area is 705 Å². The maximum Gasteiger partial charge on any atom is 0.0365 e. The molecule has 1 heterocycles. The molecule has 1 aliphatic rings. The second-order valence-corrected chi connectivity index (χ2v) is 37.9. The molecule has 0 radical (unpaired) electrons. The standard InChI is InChI=1S/C106H217N5/c1-9-17-25-33-41-49-57-65-73-81-89-105-106(90-82-74-66-58-50-42-34-26-18-10-2,91-83-75-67-59-51-43-35-27-19-11-3)111(104-102-110(105)101-99-108(94-86-78-70-62-54-46-38-30-22-14-6)95-87-79-71-63-55-47-39-31-23-15-7)103-100-109(96-88-80-72-64-56-48-40-32-24-16-8)98-97-107(92-84-76-68-60-52-44-36-28-20-12-4)93-85-77-69-61-53-45-37-29-21-13-5/h105H,9-104H2,1-8H3. The molecule has 0 N–H and O–H groups in total. The van der Waals surface area contributed by atoms with Crippen molar-refractivity contribution in [3.8, 4) is 0 Å². The minimum atomic E-state index is 0.273. The summed E-state index contributed by atoms with van der Waals surface area (Å²) >= 11 is 0. The van der Waals surface area contributed by atoms with E-state index in [4.69, 9.17) is 0 Å². The van der Waals surface area contributed by atoms with E-state index in [1.165, 1.54) is 618 Å². The first-order valence-corrected chi connectivity index (χ1v) is 53.7. The van der Waals surface area contributed by atoms with Gasteiger partial charge in [-0.05, 0) is 84.1 Å². The summed E-state index contributed by atoms with van der Waals surface area (Å²) in [6, 6.07) is 0.682. The Morgan fingerprint density at radius 2 is 0.360 bits per heavy atom. The molecule has 1 saturated heterocycles. The molecule has 5 heteroatoms. The fourth-order valence-electron chi connectivity index (χ4n) is 19.6. The Morgan fingerprint density at radius 3 is 0.595 bits per heavy atom. The summed E-state index contributed by atoms with van der Waals surface area (Å²) in [6.07, 6.45) is 120. The van der Waals surface area contributed by atoms with Crippen molar-refractivity contribution in [2.45, 2.75) is 600 Å². The maximum atomic E-state index is 3.36. The molecule has 1 fully saturated rings. The van der Waals surface area contributed by atoms with Gasteiger partial charge in [0.2, 0.25) is 0 Å². The van der Waals surface area contributed by atoms with Crippen LogP contribution in [0.2, 0.25) is 0 Å². The summed E-state index contributed by atoms with van der Waals surface area (Å²) in [4.78, 5) is 15.8. The van der Waals surface area contributed by atoms with E-state index in [2.05, 4.69) is 79.9 Å². The molecule has 1 rings (SSSR count). The fourth-order valence-corrected chi connectivity index (χ4v) is 19.6. The zero-order valence-electron chi connectivity index (χ0n) is 79.2. The van der Waals surface area contributed by atoms with Gasteiger partial charge in [0.15, 0.2) is 0 Å². The minimum Gasteiger partial charge on any atom is -0.302 e. The molecule has 0 aromatic carbocycles. The third-order valence-corrected chi connectivity index (χ3v) is 27.4. The Kier molecular flexibility index (Phi) is 88.8. The zero-order valence-corrected chi connectivity index (χ0v) is 79.2. The minimum absolute atomic E-state index is 0.273. The van der Waals surface area contributed by atoms with Crippen LogP contribution >= 0.6 is 0 Å². The molecule has 5 nitrogen and oxygen atoms in total. The van der Waals surface area contributed by atoms with Crippen LogP contribution < -0.4 is 0 Å². The molecule has 666 valence electrons.